The second kappa shape index (κ2) is 14.2. The number of aromatic nitrogens is 3. The van der Waals surface area contributed by atoms with Gasteiger partial charge in [0.1, 0.15) is 46.1 Å². The third-order valence-electron chi connectivity index (χ3n) is 6.99. The minimum atomic E-state index is -3.06. The van der Waals surface area contributed by atoms with Crippen molar-refractivity contribution in [1.29, 1.82) is 0 Å². The van der Waals surface area contributed by atoms with E-state index in [9.17, 15) is 18.4 Å². The molecule has 1 N–H and O–H groups in total. The molecule has 0 unspecified atom stereocenters. The summed E-state index contributed by atoms with van der Waals surface area (Å²) in [5, 5.41) is 2.45. The highest BCUT2D eigenvalue weighted by Crippen LogP contribution is 2.35. The number of benzene rings is 2. The summed E-state index contributed by atoms with van der Waals surface area (Å²) in [4.78, 5) is 33.9. The number of nitrogens with one attached hydrogen (secondary N) is 1. The number of methoxy groups -OCH3 is 2. The number of amides is 1. The quantitative estimate of drug-likeness (QED) is 0.226. The summed E-state index contributed by atoms with van der Waals surface area (Å²) < 4.78 is 72.9. The van der Waals surface area contributed by atoms with Gasteiger partial charge in [-0.1, -0.05) is 13.8 Å². The van der Waals surface area contributed by atoms with Crippen molar-refractivity contribution in [2.45, 2.75) is 33.3 Å². The summed E-state index contributed by atoms with van der Waals surface area (Å²) >= 11 is 0. The van der Waals surface area contributed by atoms with Gasteiger partial charge in [-0.15, -0.1) is 0 Å². The number of halogens is 4. The van der Waals surface area contributed by atoms with Crippen LogP contribution >= 0.6 is 0 Å². The Bertz CT molecular complexity index is 1690. The molecule has 3 heterocycles. The Hall–Kier alpha value is -5.01. The predicted molar refractivity (Wildman–Crippen MR) is 161 cm³/mol. The van der Waals surface area contributed by atoms with Gasteiger partial charge in [0.05, 0.1) is 19.8 Å². The van der Waals surface area contributed by atoms with Gasteiger partial charge in [0, 0.05) is 50.0 Å². The van der Waals surface area contributed by atoms with Crippen LogP contribution in [0.4, 0.5) is 29.1 Å². The number of anilines is 2. The van der Waals surface area contributed by atoms with Crippen LogP contribution in [0.1, 0.15) is 37.0 Å². The molecule has 1 amide bonds. The fourth-order valence-electron chi connectivity index (χ4n) is 4.94. The van der Waals surface area contributed by atoms with E-state index in [0.29, 0.717) is 11.6 Å². The number of carbonyl (C=O) groups is 1. The minimum Gasteiger partial charge on any atom is -0.497 e. The standard InChI is InChI=1S/C29H27F4N5O5.C2H6/c1-36-26(24-20(30)12-18(41-2)13-21(24)31)25(35-27(39)16-6-8-17(9-7-16)43-29(32)33)28(40)38(36)23-15-19(42-3)14-22(34-23)37-10-4-5-11-37;1-2/h6-9,12-15,29H,4-5,10-11H2,1-3H3,(H,35,39);1-2H3. The van der Waals surface area contributed by atoms with Crippen molar-refractivity contribution in [2.75, 3.05) is 37.5 Å². The van der Waals surface area contributed by atoms with Gasteiger partial charge in [-0.3, -0.25) is 14.3 Å². The highest BCUT2D eigenvalue weighted by molar-refractivity contribution is 6.06. The highest BCUT2D eigenvalue weighted by atomic mass is 19.3. The molecule has 45 heavy (non-hydrogen) atoms. The van der Waals surface area contributed by atoms with Gasteiger partial charge < -0.3 is 24.4 Å². The van der Waals surface area contributed by atoms with E-state index < -0.39 is 41.0 Å². The van der Waals surface area contributed by atoms with E-state index in [-0.39, 0.29) is 28.6 Å². The first-order valence-electron chi connectivity index (χ1n) is 14.1. The zero-order valence-electron chi connectivity index (χ0n) is 25.4. The first kappa shape index (κ1) is 32.9. The molecule has 1 aliphatic rings. The van der Waals surface area contributed by atoms with E-state index in [1.807, 2.05) is 18.7 Å². The SMILES string of the molecule is CC.COc1cc(N2CCCC2)nc(-n2c(=O)c(NC(=O)c3ccc(OC(F)F)cc3)c(-c3c(F)cc(OC)cc3F)n2C)c1. The Morgan fingerprint density at radius 1 is 0.889 bits per heavy atom. The third-order valence-corrected chi connectivity index (χ3v) is 6.99. The average Bonchev–Trinajstić information content (AvgIpc) is 3.65. The lowest BCUT2D eigenvalue weighted by Crippen LogP contribution is -2.25. The summed E-state index contributed by atoms with van der Waals surface area (Å²) in [5.41, 5.74) is -2.21. The van der Waals surface area contributed by atoms with Crippen molar-refractivity contribution >= 4 is 17.4 Å². The van der Waals surface area contributed by atoms with Crippen LogP contribution in [-0.2, 0) is 7.05 Å². The van der Waals surface area contributed by atoms with E-state index in [4.69, 9.17) is 9.47 Å². The second-order valence-electron chi connectivity index (χ2n) is 9.60. The molecule has 10 nitrogen and oxygen atoms in total. The van der Waals surface area contributed by atoms with E-state index in [1.54, 1.807) is 6.07 Å². The Morgan fingerprint density at radius 2 is 1.44 bits per heavy atom. The number of ether oxygens (including phenoxy) is 3. The molecule has 1 saturated heterocycles. The third kappa shape index (κ3) is 6.89. The molecule has 1 aliphatic heterocycles. The van der Waals surface area contributed by atoms with Gasteiger partial charge in [-0.05, 0) is 37.1 Å². The van der Waals surface area contributed by atoms with Gasteiger partial charge in [-0.25, -0.2) is 13.8 Å². The fraction of sp³-hybridized carbons (Fsp3) is 0.323. The van der Waals surface area contributed by atoms with Gasteiger partial charge >= 0.3 is 6.61 Å². The van der Waals surface area contributed by atoms with Gasteiger partial charge in [0.25, 0.3) is 11.5 Å². The molecule has 0 bridgehead atoms. The average molecular weight is 632 g/mol. The largest absolute Gasteiger partial charge is 0.497 e. The molecule has 0 spiro atoms. The molecule has 14 heteroatoms. The maximum atomic E-state index is 15.4. The number of nitrogens with zero attached hydrogens (tertiary/aromatic N) is 4. The van der Waals surface area contributed by atoms with E-state index in [2.05, 4.69) is 15.0 Å². The minimum absolute atomic E-state index is 0.0335. The lowest BCUT2D eigenvalue weighted by molar-refractivity contribution is -0.0498. The van der Waals surface area contributed by atoms with Crippen molar-refractivity contribution in [3.05, 3.63) is 76.1 Å². The Morgan fingerprint density at radius 3 is 2.00 bits per heavy atom. The molecule has 2 aromatic heterocycles. The smallest absolute Gasteiger partial charge is 0.387 e. The van der Waals surface area contributed by atoms with Crippen LogP contribution in [-0.4, -0.2) is 54.2 Å². The number of rotatable bonds is 9. The Balaban J connectivity index is 0.00000226. The van der Waals surface area contributed by atoms with Gasteiger partial charge in [0.15, 0.2) is 5.82 Å². The molecular formula is C31H33F4N5O5. The van der Waals surface area contributed by atoms with E-state index in [1.165, 1.54) is 44.1 Å². The molecule has 4 aromatic rings. The zero-order chi connectivity index (χ0) is 32.8. The number of pyridine rings is 1. The van der Waals surface area contributed by atoms with Gasteiger partial charge in [-0.2, -0.15) is 13.5 Å². The number of alkyl halides is 2. The molecule has 2 aromatic carbocycles. The van der Waals surface area contributed by atoms with Crippen LogP contribution in [0.2, 0.25) is 0 Å². The second-order valence-corrected chi connectivity index (χ2v) is 9.60. The van der Waals surface area contributed by atoms with Crippen LogP contribution in [0.15, 0.2) is 53.3 Å². The lowest BCUT2D eigenvalue weighted by Gasteiger charge is -2.19. The molecule has 0 aliphatic carbocycles. The maximum Gasteiger partial charge on any atom is 0.387 e. The Kier molecular flexibility index (Phi) is 10.4. The van der Waals surface area contributed by atoms with Crippen molar-refractivity contribution in [3.63, 3.8) is 0 Å². The van der Waals surface area contributed by atoms with Crippen molar-refractivity contribution < 1.29 is 36.6 Å². The first-order valence-corrected chi connectivity index (χ1v) is 14.1. The first-order chi connectivity index (χ1) is 21.6. The van der Waals surface area contributed by atoms with E-state index in [0.717, 1.165) is 54.9 Å². The zero-order valence-corrected chi connectivity index (χ0v) is 25.4. The molecule has 0 atom stereocenters. The molecule has 0 saturated carbocycles. The van der Waals surface area contributed by atoms with Crippen LogP contribution in [0, 0.1) is 11.6 Å². The number of carbonyl (C=O) groups excluding carboxylic acids is 1. The van der Waals surface area contributed by atoms with Crippen LogP contribution in [0.3, 0.4) is 0 Å². The van der Waals surface area contributed by atoms with Crippen molar-refractivity contribution in [3.8, 4) is 34.3 Å². The summed E-state index contributed by atoms with van der Waals surface area (Å²) in [7, 11) is 4.09. The molecule has 0 radical (unpaired) electrons. The molecule has 5 rings (SSSR count). The van der Waals surface area contributed by atoms with Gasteiger partial charge in [0.2, 0.25) is 0 Å². The lowest BCUT2D eigenvalue weighted by atomic mass is 10.1. The van der Waals surface area contributed by atoms with Crippen LogP contribution in [0.5, 0.6) is 17.2 Å². The maximum absolute atomic E-state index is 15.4. The van der Waals surface area contributed by atoms with Crippen molar-refractivity contribution in [2.24, 2.45) is 7.05 Å². The normalized spacial score (nSPS) is 12.5. The summed E-state index contributed by atoms with van der Waals surface area (Å²) in [6.45, 7) is 2.44. The molecule has 1 fully saturated rings. The van der Waals surface area contributed by atoms with E-state index >= 15 is 8.78 Å². The summed E-state index contributed by atoms with van der Waals surface area (Å²) in [5.74, 6) is -2.21. The van der Waals surface area contributed by atoms with Crippen molar-refractivity contribution in [1.82, 2.24) is 14.3 Å². The fourth-order valence-corrected chi connectivity index (χ4v) is 4.94. The number of hydrogen-bond donors (Lipinski definition) is 1. The molecular weight excluding hydrogens is 598 g/mol. The molecule has 240 valence electrons. The summed E-state index contributed by atoms with van der Waals surface area (Å²) in [6.07, 6.45) is 1.92. The monoisotopic (exact) mass is 631 g/mol. The van der Waals surface area contributed by atoms with Crippen LogP contribution < -0.4 is 30.0 Å². The topological polar surface area (TPSA) is 99.9 Å². The number of hydrogen-bond acceptors (Lipinski definition) is 7. The Labute approximate surface area is 256 Å². The summed E-state index contributed by atoms with van der Waals surface area (Å²) in [6, 6.07) is 9.80. The predicted octanol–water partition coefficient (Wildman–Crippen LogP) is 6.01. The van der Waals surface area contributed by atoms with Crippen LogP contribution in [0.25, 0.3) is 17.1 Å². The highest BCUT2D eigenvalue weighted by Gasteiger charge is 2.29.